The Hall–Kier alpha value is -3.08. The summed E-state index contributed by atoms with van der Waals surface area (Å²) >= 11 is 0. The first-order valence-corrected chi connectivity index (χ1v) is 9.37. The molecule has 2 aromatic rings. The topological polar surface area (TPSA) is 140 Å². The van der Waals surface area contributed by atoms with Crippen molar-refractivity contribution in [2.75, 3.05) is 18.8 Å². The van der Waals surface area contributed by atoms with Crippen molar-refractivity contribution in [2.24, 2.45) is 11.0 Å². The van der Waals surface area contributed by atoms with E-state index < -0.39 is 5.91 Å². The number of allylic oxidation sites excluding steroid dienone is 2. The summed E-state index contributed by atoms with van der Waals surface area (Å²) in [6.07, 6.45) is 9.05. The molecule has 0 saturated heterocycles. The Morgan fingerprint density at radius 2 is 2.25 bits per heavy atom. The first-order chi connectivity index (χ1) is 13.6. The molecule has 3 N–H and O–H groups in total. The first kappa shape index (κ1) is 19.7. The zero-order chi connectivity index (χ0) is 19.9. The fraction of sp³-hybridized carbons (Fsp3) is 0.529. The highest BCUT2D eigenvalue weighted by atomic mass is 16.6. The van der Waals surface area contributed by atoms with Gasteiger partial charge < -0.3 is 5.73 Å². The third-order valence-electron chi connectivity index (χ3n) is 4.70. The van der Waals surface area contributed by atoms with Crippen molar-refractivity contribution in [3.05, 3.63) is 23.5 Å². The van der Waals surface area contributed by atoms with E-state index in [0.717, 1.165) is 32.4 Å². The van der Waals surface area contributed by atoms with Gasteiger partial charge in [-0.25, -0.2) is 10.1 Å². The molecule has 11 heteroatoms. The second kappa shape index (κ2) is 9.22. The third-order valence-corrected chi connectivity index (χ3v) is 4.70. The molecule has 1 aliphatic carbocycles. The zero-order valence-electron chi connectivity index (χ0n) is 16.1. The van der Waals surface area contributed by atoms with Crippen LogP contribution in [0.25, 0.3) is 5.82 Å². The molecule has 0 spiro atoms. The highest BCUT2D eigenvalue weighted by Gasteiger charge is 2.25. The summed E-state index contributed by atoms with van der Waals surface area (Å²) in [5, 5.41) is 19.5. The molecule has 0 aliphatic heterocycles. The zero-order valence-corrected chi connectivity index (χ0v) is 16.1. The lowest BCUT2D eigenvalue weighted by atomic mass is 9.96. The van der Waals surface area contributed by atoms with Gasteiger partial charge in [0, 0.05) is 12.8 Å². The maximum atomic E-state index is 12.7. The SMILES string of the molecule is CCN(CC)Cc1c(C(=O)N/N=C/C2CC=CCC2)nnn1-c1nonc1N. The fourth-order valence-corrected chi connectivity index (χ4v) is 2.99. The maximum Gasteiger partial charge on any atom is 0.293 e. The molecular weight excluding hydrogens is 362 g/mol. The molecule has 3 rings (SSSR count). The Labute approximate surface area is 162 Å². The van der Waals surface area contributed by atoms with Crippen LogP contribution in [0.5, 0.6) is 0 Å². The lowest BCUT2D eigenvalue weighted by Crippen LogP contribution is -2.27. The summed E-state index contributed by atoms with van der Waals surface area (Å²) in [4.78, 5) is 14.8. The number of aromatic nitrogens is 5. The Bertz CT molecular complexity index is 851. The van der Waals surface area contributed by atoms with Crippen molar-refractivity contribution in [1.82, 2.24) is 35.6 Å². The number of hydrazone groups is 1. The number of carbonyl (C=O) groups is 1. The molecule has 0 aromatic carbocycles. The van der Waals surface area contributed by atoms with E-state index in [2.05, 4.69) is 52.8 Å². The number of anilines is 1. The van der Waals surface area contributed by atoms with Crippen LogP contribution in [-0.4, -0.2) is 55.4 Å². The fourth-order valence-electron chi connectivity index (χ4n) is 2.99. The van der Waals surface area contributed by atoms with Crippen molar-refractivity contribution in [3.63, 3.8) is 0 Å². The predicted molar refractivity (Wildman–Crippen MR) is 103 cm³/mol. The van der Waals surface area contributed by atoms with Crippen LogP contribution in [0.1, 0.15) is 49.3 Å². The molecule has 11 nitrogen and oxygen atoms in total. The number of nitrogens with one attached hydrogen (secondary N) is 1. The molecule has 1 amide bonds. The number of carbonyl (C=O) groups excluding carboxylic acids is 1. The van der Waals surface area contributed by atoms with Crippen LogP contribution in [-0.2, 0) is 6.54 Å². The van der Waals surface area contributed by atoms with E-state index >= 15 is 0 Å². The van der Waals surface area contributed by atoms with Crippen molar-refractivity contribution in [2.45, 2.75) is 39.7 Å². The number of nitrogens with two attached hydrogens (primary N) is 1. The quantitative estimate of drug-likeness (QED) is 0.390. The molecule has 2 aromatic heterocycles. The maximum absolute atomic E-state index is 12.7. The van der Waals surface area contributed by atoms with E-state index in [0.29, 0.717) is 18.2 Å². The second-order valence-corrected chi connectivity index (χ2v) is 6.49. The van der Waals surface area contributed by atoms with Gasteiger partial charge in [0.25, 0.3) is 5.91 Å². The van der Waals surface area contributed by atoms with Crippen LogP contribution in [0, 0.1) is 5.92 Å². The number of hydrogen-bond acceptors (Lipinski definition) is 9. The second-order valence-electron chi connectivity index (χ2n) is 6.49. The summed E-state index contributed by atoms with van der Waals surface area (Å²) in [5.74, 6) is 0.162. The Morgan fingerprint density at radius 3 is 2.89 bits per heavy atom. The molecule has 0 fully saturated rings. The smallest absolute Gasteiger partial charge is 0.293 e. The third kappa shape index (κ3) is 4.42. The van der Waals surface area contributed by atoms with Crippen LogP contribution in [0.4, 0.5) is 5.82 Å². The number of nitrogens with zero attached hydrogens (tertiary/aromatic N) is 7. The Kier molecular flexibility index (Phi) is 6.48. The van der Waals surface area contributed by atoms with Crippen molar-refractivity contribution < 1.29 is 9.42 Å². The molecule has 1 unspecified atom stereocenters. The molecular formula is C17H25N9O2. The predicted octanol–water partition coefficient (Wildman–Crippen LogP) is 1.15. The van der Waals surface area contributed by atoms with Crippen LogP contribution in [0.3, 0.4) is 0 Å². The van der Waals surface area contributed by atoms with Crippen LogP contribution in [0.15, 0.2) is 21.9 Å². The van der Waals surface area contributed by atoms with E-state index in [1.807, 2.05) is 13.8 Å². The normalized spacial score (nSPS) is 16.9. The van der Waals surface area contributed by atoms with E-state index in [9.17, 15) is 4.79 Å². The van der Waals surface area contributed by atoms with E-state index in [4.69, 9.17) is 5.73 Å². The van der Waals surface area contributed by atoms with Gasteiger partial charge >= 0.3 is 0 Å². The number of hydrogen-bond donors (Lipinski definition) is 2. The van der Waals surface area contributed by atoms with Gasteiger partial charge in [0.05, 0.1) is 5.69 Å². The largest absolute Gasteiger partial charge is 0.378 e. The summed E-state index contributed by atoms with van der Waals surface area (Å²) in [7, 11) is 0. The number of amides is 1. The molecule has 28 heavy (non-hydrogen) atoms. The summed E-state index contributed by atoms with van der Waals surface area (Å²) in [5.41, 5.74) is 9.04. The van der Waals surface area contributed by atoms with Crippen LogP contribution in [0.2, 0.25) is 0 Å². The monoisotopic (exact) mass is 387 g/mol. The highest BCUT2D eigenvalue weighted by molar-refractivity contribution is 5.93. The Balaban J connectivity index is 1.81. The molecule has 150 valence electrons. The van der Waals surface area contributed by atoms with Crippen LogP contribution < -0.4 is 11.2 Å². The average molecular weight is 387 g/mol. The van der Waals surface area contributed by atoms with Crippen molar-refractivity contribution in [1.29, 1.82) is 0 Å². The van der Waals surface area contributed by atoms with Gasteiger partial charge in [0.15, 0.2) is 5.69 Å². The molecule has 0 saturated carbocycles. The van der Waals surface area contributed by atoms with Gasteiger partial charge in [-0.3, -0.25) is 9.69 Å². The number of nitrogen functional groups attached to an aromatic ring is 1. The lowest BCUT2D eigenvalue weighted by Gasteiger charge is -2.18. The van der Waals surface area contributed by atoms with E-state index in [1.54, 1.807) is 6.21 Å². The van der Waals surface area contributed by atoms with Gasteiger partial charge in [-0.15, -0.1) is 5.10 Å². The van der Waals surface area contributed by atoms with Gasteiger partial charge in [-0.1, -0.05) is 31.2 Å². The number of rotatable bonds is 8. The van der Waals surface area contributed by atoms with Crippen LogP contribution >= 0.6 is 0 Å². The Morgan fingerprint density at radius 1 is 1.43 bits per heavy atom. The van der Waals surface area contributed by atoms with Gasteiger partial charge in [0.2, 0.25) is 11.6 Å². The summed E-state index contributed by atoms with van der Waals surface area (Å²) in [6.45, 7) is 6.09. The molecule has 1 aliphatic rings. The minimum absolute atomic E-state index is 0.0704. The van der Waals surface area contributed by atoms with E-state index in [1.165, 1.54) is 4.68 Å². The summed E-state index contributed by atoms with van der Waals surface area (Å²) < 4.78 is 6.04. The van der Waals surface area contributed by atoms with Gasteiger partial charge in [-0.2, -0.15) is 9.78 Å². The molecule has 2 heterocycles. The molecule has 0 radical (unpaired) electrons. The minimum atomic E-state index is -0.439. The van der Waals surface area contributed by atoms with Crippen molar-refractivity contribution in [3.8, 4) is 5.82 Å². The minimum Gasteiger partial charge on any atom is -0.378 e. The molecule has 0 bridgehead atoms. The highest BCUT2D eigenvalue weighted by Crippen LogP contribution is 2.18. The first-order valence-electron chi connectivity index (χ1n) is 9.37. The van der Waals surface area contributed by atoms with Crippen molar-refractivity contribution >= 4 is 17.9 Å². The standard InChI is InChI=1S/C17H25N9O2/c1-3-25(4-2)11-13-14(20-24-26(13)16-15(18)22-28-23-16)17(27)21-19-10-12-8-6-5-7-9-12/h5-6,10,12H,3-4,7-9,11H2,1-2H3,(H2,18,22)(H,21,27)/b19-10+. The summed E-state index contributed by atoms with van der Waals surface area (Å²) in [6, 6.07) is 0. The van der Waals surface area contributed by atoms with Gasteiger partial charge in [-0.05, 0) is 48.6 Å². The van der Waals surface area contributed by atoms with Gasteiger partial charge in [0.1, 0.15) is 0 Å². The average Bonchev–Trinajstić information content (AvgIpc) is 3.32. The lowest BCUT2D eigenvalue weighted by molar-refractivity contribution is 0.0947. The molecule has 1 atom stereocenters. The van der Waals surface area contributed by atoms with E-state index in [-0.39, 0.29) is 17.3 Å².